The zero-order valence-corrected chi connectivity index (χ0v) is 37.1. The molecule has 0 amide bonds. The molecule has 0 aromatic carbocycles. The molecule has 0 N–H and O–H groups in total. The second-order valence-electron chi connectivity index (χ2n) is 15.3. The Labute approximate surface area is 351 Å². The predicted octanol–water partition coefficient (Wildman–Crippen LogP) is 15.1. The van der Waals surface area contributed by atoms with E-state index in [9.17, 15) is 14.4 Å². The third-order valence-electron chi connectivity index (χ3n) is 9.74. The molecule has 0 heterocycles. The first-order valence-electron chi connectivity index (χ1n) is 23.5. The second-order valence-corrected chi connectivity index (χ2v) is 15.3. The van der Waals surface area contributed by atoms with Gasteiger partial charge in [-0.2, -0.15) is 0 Å². The molecule has 1 atom stereocenters. The number of carbonyl (C=O) groups excluding carboxylic acids is 3. The van der Waals surface area contributed by atoms with Crippen molar-refractivity contribution in [1.29, 1.82) is 0 Å². The molecular weight excluding hydrogens is 709 g/mol. The second kappa shape index (κ2) is 45.6. The average Bonchev–Trinajstić information content (AvgIpc) is 3.21. The summed E-state index contributed by atoms with van der Waals surface area (Å²) in [5.74, 6) is -0.952. The standard InChI is InChI=1S/C51H86O6/c1-4-7-10-13-16-19-22-25-27-29-32-35-38-41-44-50(53)56-47-48(46-55-49(52)43-40-37-34-31-28-24-21-18-15-12-9-6-3)57-51(54)45-42-39-36-33-30-26-23-20-17-14-11-8-5-2/h8-9,11-12,14,17-18,20-21,23,27,29,48H,4-7,10,13,15-16,19,22,24-26,28,30-47H2,1-3H3/b11-8-,12-9-,17-14-,21-18-,23-20-,29-27-. The van der Waals surface area contributed by atoms with Gasteiger partial charge in [0.05, 0.1) is 0 Å². The molecule has 0 fully saturated rings. The van der Waals surface area contributed by atoms with Gasteiger partial charge < -0.3 is 14.2 Å². The maximum Gasteiger partial charge on any atom is 0.306 e. The molecule has 6 nitrogen and oxygen atoms in total. The molecule has 0 aliphatic rings. The van der Waals surface area contributed by atoms with E-state index in [1.54, 1.807) is 0 Å². The molecule has 0 aliphatic heterocycles. The van der Waals surface area contributed by atoms with E-state index in [-0.39, 0.29) is 31.1 Å². The fraction of sp³-hybridized carbons (Fsp3) is 0.706. The van der Waals surface area contributed by atoms with Crippen molar-refractivity contribution in [2.24, 2.45) is 0 Å². The topological polar surface area (TPSA) is 78.9 Å². The molecule has 0 saturated heterocycles. The fourth-order valence-electron chi connectivity index (χ4n) is 6.24. The first-order valence-corrected chi connectivity index (χ1v) is 23.5. The summed E-state index contributed by atoms with van der Waals surface area (Å²) >= 11 is 0. The predicted molar refractivity (Wildman–Crippen MR) is 242 cm³/mol. The van der Waals surface area contributed by atoms with E-state index >= 15 is 0 Å². The van der Waals surface area contributed by atoms with Gasteiger partial charge in [-0.25, -0.2) is 0 Å². The minimum Gasteiger partial charge on any atom is -0.462 e. The molecule has 57 heavy (non-hydrogen) atoms. The van der Waals surface area contributed by atoms with Crippen molar-refractivity contribution < 1.29 is 28.6 Å². The Morgan fingerprint density at radius 2 is 0.772 bits per heavy atom. The van der Waals surface area contributed by atoms with E-state index in [1.807, 2.05) is 0 Å². The zero-order chi connectivity index (χ0) is 41.5. The van der Waals surface area contributed by atoms with Gasteiger partial charge in [0.1, 0.15) is 13.2 Å². The fourth-order valence-corrected chi connectivity index (χ4v) is 6.24. The van der Waals surface area contributed by atoms with Gasteiger partial charge in [-0.1, -0.05) is 177 Å². The minimum absolute atomic E-state index is 0.0968. The number of ether oxygens (including phenoxy) is 3. The lowest BCUT2D eigenvalue weighted by Gasteiger charge is -2.18. The van der Waals surface area contributed by atoms with Crippen molar-refractivity contribution in [2.45, 2.75) is 219 Å². The summed E-state index contributed by atoms with van der Waals surface area (Å²) in [7, 11) is 0. The van der Waals surface area contributed by atoms with Crippen molar-refractivity contribution >= 4 is 17.9 Å². The van der Waals surface area contributed by atoms with Crippen LogP contribution in [0.5, 0.6) is 0 Å². The third-order valence-corrected chi connectivity index (χ3v) is 9.74. The first-order chi connectivity index (χ1) is 28.0. The molecule has 0 aromatic heterocycles. The van der Waals surface area contributed by atoms with E-state index in [0.29, 0.717) is 19.3 Å². The van der Waals surface area contributed by atoms with Gasteiger partial charge in [0.2, 0.25) is 0 Å². The SMILES string of the molecule is CC\C=C/C=C\C=C/CCCCCCCC(=O)OC(COC(=O)CCCCC/C=C\CCCCCCCCC)COC(=O)CCCCCCC/C=C\C/C=C\CC. The summed E-state index contributed by atoms with van der Waals surface area (Å²) in [6.07, 6.45) is 56.0. The largest absolute Gasteiger partial charge is 0.462 e. The Hall–Kier alpha value is -3.15. The highest BCUT2D eigenvalue weighted by molar-refractivity contribution is 5.71. The lowest BCUT2D eigenvalue weighted by Crippen LogP contribution is -2.30. The molecule has 1 unspecified atom stereocenters. The summed E-state index contributed by atoms with van der Waals surface area (Å²) in [4.78, 5) is 37.8. The lowest BCUT2D eigenvalue weighted by atomic mass is 10.1. The molecule has 0 rings (SSSR count). The molecule has 326 valence electrons. The maximum absolute atomic E-state index is 12.7. The van der Waals surface area contributed by atoms with E-state index in [0.717, 1.165) is 128 Å². The van der Waals surface area contributed by atoms with E-state index < -0.39 is 6.10 Å². The molecule has 0 saturated carbocycles. The number of carbonyl (C=O) groups is 3. The summed E-state index contributed by atoms with van der Waals surface area (Å²) in [5, 5.41) is 0. The van der Waals surface area contributed by atoms with Gasteiger partial charge in [0, 0.05) is 19.3 Å². The van der Waals surface area contributed by atoms with Gasteiger partial charge in [-0.15, -0.1) is 0 Å². The van der Waals surface area contributed by atoms with Gasteiger partial charge in [0.15, 0.2) is 6.10 Å². The van der Waals surface area contributed by atoms with Gasteiger partial charge in [-0.3, -0.25) is 14.4 Å². The van der Waals surface area contributed by atoms with Gasteiger partial charge in [-0.05, 0) is 89.9 Å². The van der Waals surface area contributed by atoms with Crippen LogP contribution in [0.15, 0.2) is 72.9 Å². The molecular formula is C51H86O6. The van der Waals surface area contributed by atoms with E-state index in [2.05, 4.69) is 93.7 Å². The van der Waals surface area contributed by atoms with Crippen LogP contribution < -0.4 is 0 Å². The molecule has 0 spiro atoms. The summed E-state index contributed by atoms with van der Waals surface area (Å²) in [6, 6.07) is 0. The Balaban J connectivity index is 4.46. The van der Waals surface area contributed by atoms with Crippen LogP contribution >= 0.6 is 0 Å². The van der Waals surface area contributed by atoms with Crippen LogP contribution in [0, 0.1) is 0 Å². The average molecular weight is 795 g/mol. The van der Waals surface area contributed by atoms with Crippen LogP contribution in [0.25, 0.3) is 0 Å². The number of rotatable bonds is 41. The van der Waals surface area contributed by atoms with Crippen LogP contribution in [0.2, 0.25) is 0 Å². The smallest absolute Gasteiger partial charge is 0.306 e. The Morgan fingerprint density at radius 1 is 0.386 bits per heavy atom. The normalized spacial score (nSPS) is 12.7. The Kier molecular flexibility index (Phi) is 43.0. The zero-order valence-electron chi connectivity index (χ0n) is 37.1. The summed E-state index contributed by atoms with van der Waals surface area (Å²) in [6.45, 7) is 6.33. The number of allylic oxidation sites excluding steroid dienone is 12. The minimum atomic E-state index is -0.796. The maximum atomic E-state index is 12.7. The number of esters is 3. The van der Waals surface area contributed by atoms with Crippen LogP contribution in [0.4, 0.5) is 0 Å². The third kappa shape index (κ3) is 43.8. The quantitative estimate of drug-likeness (QED) is 0.0202. The first kappa shape index (κ1) is 53.9. The van der Waals surface area contributed by atoms with Crippen LogP contribution in [0.3, 0.4) is 0 Å². The molecule has 0 bridgehead atoms. The van der Waals surface area contributed by atoms with Crippen LogP contribution in [-0.2, 0) is 28.6 Å². The molecule has 0 aromatic rings. The lowest BCUT2D eigenvalue weighted by molar-refractivity contribution is -0.167. The van der Waals surface area contributed by atoms with Gasteiger partial charge >= 0.3 is 17.9 Å². The highest BCUT2D eigenvalue weighted by Crippen LogP contribution is 2.13. The number of hydrogen-bond acceptors (Lipinski definition) is 6. The van der Waals surface area contributed by atoms with Crippen molar-refractivity contribution in [3.05, 3.63) is 72.9 Å². The number of hydrogen-bond donors (Lipinski definition) is 0. The molecule has 0 aliphatic carbocycles. The van der Waals surface area contributed by atoms with Gasteiger partial charge in [0.25, 0.3) is 0 Å². The van der Waals surface area contributed by atoms with Crippen molar-refractivity contribution in [2.75, 3.05) is 13.2 Å². The molecule has 0 radical (unpaired) electrons. The highest BCUT2D eigenvalue weighted by atomic mass is 16.6. The van der Waals surface area contributed by atoms with E-state index in [1.165, 1.54) is 44.9 Å². The summed E-state index contributed by atoms with van der Waals surface area (Å²) in [5.41, 5.74) is 0. The van der Waals surface area contributed by atoms with Crippen LogP contribution in [-0.4, -0.2) is 37.2 Å². The van der Waals surface area contributed by atoms with Crippen LogP contribution in [0.1, 0.15) is 213 Å². The Morgan fingerprint density at radius 3 is 1.28 bits per heavy atom. The monoisotopic (exact) mass is 795 g/mol. The summed E-state index contributed by atoms with van der Waals surface area (Å²) < 4.78 is 16.7. The molecule has 6 heteroatoms. The van der Waals surface area contributed by atoms with Crippen molar-refractivity contribution in [3.63, 3.8) is 0 Å². The Bertz CT molecular complexity index is 1100. The number of unbranched alkanes of at least 4 members (excludes halogenated alkanes) is 20. The van der Waals surface area contributed by atoms with E-state index in [4.69, 9.17) is 14.2 Å². The highest BCUT2D eigenvalue weighted by Gasteiger charge is 2.19. The van der Waals surface area contributed by atoms with Crippen molar-refractivity contribution in [1.82, 2.24) is 0 Å². The van der Waals surface area contributed by atoms with Crippen molar-refractivity contribution in [3.8, 4) is 0 Å².